The predicted molar refractivity (Wildman–Crippen MR) is 36.2 cm³/mol. The normalized spacial score (nSPS) is 26.9. The third-order valence-electron chi connectivity index (χ3n) is 1.74. The molecule has 4 heteroatoms. The van der Waals surface area contributed by atoms with E-state index in [4.69, 9.17) is 10.4 Å². The maximum Gasteiger partial charge on any atom is 0.264 e. The minimum atomic E-state index is -3.19. The Morgan fingerprint density at radius 1 is 1.67 bits per heavy atom. The van der Waals surface area contributed by atoms with E-state index in [1.54, 1.807) is 0 Å². The van der Waals surface area contributed by atoms with Crippen molar-refractivity contribution in [2.45, 2.75) is 19.3 Å². The van der Waals surface area contributed by atoms with Crippen LogP contribution in [0.15, 0.2) is 0 Å². The Morgan fingerprint density at radius 3 is 2.33 bits per heavy atom. The van der Waals surface area contributed by atoms with Crippen LogP contribution < -0.4 is 5.50 Å². The molecule has 0 aliphatic heterocycles. The molecule has 1 rings (SSSR count). The first-order valence-corrected chi connectivity index (χ1v) is 5.10. The predicted octanol–water partition coefficient (Wildman–Crippen LogP) is 0.931. The highest BCUT2D eigenvalue weighted by Crippen LogP contribution is 2.40. The molecule has 0 radical (unpaired) electrons. The Hall–Kier alpha value is 0.150. The largest absolute Gasteiger partial charge is 0.333 e. The fraction of sp³-hybridized carbons (Fsp3) is 1.00. The summed E-state index contributed by atoms with van der Waals surface area (Å²) in [5.41, 5.74) is 4.96. The van der Waals surface area contributed by atoms with Gasteiger partial charge in [-0.15, -0.1) is 0 Å². The third kappa shape index (κ3) is 2.48. The van der Waals surface area contributed by atoms with E-state index in [9.17, 15) is 4.57 Å². The maximum absolute atomic E-state index is 10.6. The average molecular weight is 149 g/mol. The van der Waals surface area contributed by atoms with Gasteiger partial charge in [-0.2, -0.15) is 0 Å². The van der Waals surface area contributed by atoms with Gasteiger partial charge in [-0.25, -0.2) is 0 Å². The fourth-order valence-corrected chi connectivity index (χ4v) is 2.15. The van der Waals surface area contributed by atoms with E-state index in [0.717, 1.165) is 12.8 Å². The zero-order valence-corrected chi connectivity index (χ0v) is 6.18. The number of rotatable bonds is 2. The SMILES string of the molecule is NP(=O)(O)CC1CCC1. The van der Waals surface area contributed by atoms with Crippen LogP contribution in [-0.4, -0.2) is 11.1 Å². The second-order valence-corrected chi connectivity index (χ2v) is 4.61. The van der Waals surface area contributed by atoms with Gasteiger partial charge < -0.3 is 4.89 Å². The Labute approximate surface area is 54.8 Å². The summed E-state index contributed by atoms with van der Waals surface area (Å²) in [6.45, 7) is 0. The lowest BCUT2D eigenvalue weighted by Gasteiger charge is -2.25. The molecular weight excluding hydrogens is 137 g/mol. The van der Waals surface area contributed by atoms with Gasteiger partial charge in [0.05, 0.1) is 0 Å². The number of nitrogens with two attached hydrogens (primary N) is 1. The molecule has 54 valence electrons. The van der Waals surface area contributed by atoms with Crippen LogP contribution in [-0.2, 0) is 4.57 Å². The van der Waals surface area contributed by atoms with Gasteiger partial charge in [0.2, 0.25) is 0 Å². The highest BCUT2D eigenvalue weighted by atomic mass is 31.2. The summed E-state index contributed by atoms with van der Waals surface area (Å²) in [5.74, 6) is 0.436. The van der Waals surface area contributed by atoms with Crippen molar-refractivity contribution < 1.29 is 9.46 Å². The summed E-state index contributed by atoms with van der Waals surface area (Å²) in [4.78, 5) is 8.69. The molecule has 1 atom stereocenters. The van der Waals surface area contributed by atoms with Gasteiger partial charge in [-0.1, -0.05) is 6.42 Å². The molecule has 9 heavy (non-hydrogen) atoms. The number of hydrogen-bond acceptors (Lipinski definition) is 1. The van der Waals surface area contributed by atoms with Crippen molar-refractivity contribution in [2.75, 3.05) is 6.16 Å². The van der Waals surface area contributed by atoms with Crippen LogP contribution in [0, 0.1) is 5.92 Å². The maximum atomic E-state index is 10.6. The molecule has 0 spiro atoms. The van der Waals surface area contributed by atoms with Crippen molar-refractivity contribution in [2.24, 2.45) is 11.4 Å². The minimum Gasteiger partial charge on any atom is -0.333 e. The summed E-state index contributed by atoms with van der Waals surface area (Å²) in [6, 6.07) is 0. The van der Waals surface area contributed by atoms with Gasteiger partial charge in [-0.05, 0) is 18.8 Å². The van der Waals surface area contributed by atoms with Gasteiger partial charge >= 0.3 is 0 Å². The molecule has 0 aromatic rings. The second kappa shape index (κ2) is 2.41. The summed E-state index contributed by atoms with van der Waals surface area (Å²) in [5, 5.41) is 0. The topological polar surface area (TPSA) is 63.3 Å². The van der Waals surface area contributed by atoms with Crippen LogP contribution >= 0.6 is 7.52 Å². The third-order valence-corrected chi connectivity index (χ3v) is 2.78. The van der Waals surface area contributed by atoms with E-state index in [1.165, 1.54) is 6.42 Å². The van der Waals surface area contributed by atoms with Crippen LogP contribution in [0.25, 0.3) is 0 Å². The highest BCUT2D eigenvalue weighted by Gasteiger charge is 2.24. The zero-order valence-electron chi connectivity index (χ0n) is 5.29. The summed E-state index contributed by atoms with van der Waals surface area (Å²) in [7, 11) is -3.19. The first-order chi connectivity index (χ1) is 4.08. The first kappa shape index (κ1) is 7.26. The van der Waals surface area contributed by atoms with E-state index >= 15 is 0 Å². The first-order valence-electron chi connectivity index (χ1n) is 3.18. The van der Waals surface area contributed by atoms with Crippen molar-refractivity contribution in [3.8, 4) is 0 Å². The zero-order chi connectivity index (χ0) is 6.91. The molecule has 0 aromatic heterocycles. The Morgan fingerprint density at radius 2 is 2.22 bits per heavy atom. The van der Waals surface area contributed by atoms with Crippen molar-refractivity contribution in [1.29, 1.82) is 0 Å². The Balaban J connectivity index is 2.24. The van der Waals surface area contributed by atoms with E-state index < -0.39 is 7.52 Å². The molecule has 3 nitrogen and oxygen atoms in total. The molecular formula is C5H12NO2P. The molecule has 1 fully saturated rings. The standard InChI is InChI=1S/C5H12NO2P/c6-9(7,8)4-5-2-1-3-5/h5H,1-4H2,(H3,6,7,8). The molecule has 1 aliphatic carbocycles. The lowest BCUT2D eigenvalue weighted by molar-refractivity contribution is 0.336. The van der Waals surface area contributed by atoms with Crippen molar-refractivity contribution >= 4 is 7.52 Å². The van der Waals surface area contributed by atoms with Gasteiger partial charge in [0.25, 0.3) is 7.52 Å². The molecule has 0 heterocycles. The minimum absolute atomic E-state index is 0.326. The summed E-state index contributed by atoms with van der Waals surface area (Å²) in [6.07, 6.45) is 3.70. The van der Waals surface area contributed by atoms with Crippen LogP contribution in [0.2, 0.25) is 0 Å². The lowest BCUT2D eigenvalue weighted by atomic mass is 9.87. The molecule has 0 aromatic carbocycles. The molecule has 3 N–H and O–H groups in total. The summed E-state index contributed by atoms with van der Waals surface area (Å²) >= 11 is 0. The molecule has 0 amide bonds. The second-order valence-electron chi connectivity index (χ2n) is 2.74. The average Bonchev–Trinajstić information content (AvgIpc) is 1.53. The van der Waals surface area contributed by atoms with Crippen molar-refractivity contribution in [3.05, 3.63) is 0 Å². The van der Waals surface area contributed by atoms with Gasteiger partial charge in [0, 0.05) is 6.16 Å². The van der Waals surface area contributed by atoms with Crippen LogP contribution in [0.5, 0.6) is 0 Å². The van der Waals surface area contributed by atoms with Gasteiger partial charge in [0.1, 0.15) is 0 Å². The molecule has 0 bridgehead atoms. The van der Waals surface area contributed by atoms with Crippen molar-refractivity contribution in [1.82, 2.24) is 0 Å². The van der Waals surface area contributed by atoms with E-state index in [-0.39, 0.29) is 0 Å². The smallest absolute Gasteiger partial charge is 0.264 e. The molecule has 0 saturated heterocycles. The van der Waals surface area contributed by atoms with Crippen molar-refractivity contribution in [3.63, 3.8) is 0 Å². The van der Waals surface area contributed by atoms with E-state index in [1.807, 2.05) is 0 Å². The van der Waals surface area contributed by atoms with Gasteiger partial charge in [-0.3, -0.25) is 10.1 Å². The highest BCUT2D eigenvalue weighted by molar-refractivity contribution is 7.55. The van der Waals surface area contributed by atoms with E-state index in [2.05, 4.69) is 0 Å². The van der Waals surface area contributed by atoms with Crippen LogP contribution in [0.1, 0.15) is 19.3 Å². The van der Waals surface area contributed by atoms with E-state index in [0.29, 0.717) is 12.1 Å². The Kier molecular flexibility index (Phi) is 1.94. The molecule has 1 aliphatic rings. The monoisotopic (exact) mass is 149 g/mol. The van der Waals surface area contributed by atoms with Crippen LogP contribution in [0.4, 0.5) is 0 Å². The summed E-state index contributed by atoms with van der Waals surface area (Å²) < 4.78 is 10.6. The molecule has 1 saturated carbocycles. The quantitative estimate of drug-likeness (QED) is 0.574. The molecule has 1 unspecified atom stereocenters. The fourth-order valence-electron chi connectivity index (χ4n) is 1.05. The number of hydrogen-bond donors (Lipinski definition) is 2. The lowest BCUT2D eigenvalue weighted by Crippen LogP contribution is -2.17. The van der Waals surface area contributed by atoms with Gasteiger partial charge in [0.15, 0.2) is 0 Å². The van der Waals surface area contributed by atoms with Crippen LogP contribution in [0.3, 0.4) is 0 Å². The Bertz CT molecular complexity index is 138.